The zero-order valence-electron chi connectivity index (χ0n) is 8.07. The molecule has 0 aliphatic heterocycles. The zero-order chi connectivity index (χ0) is 10.8. The Labute approximate surface area is 86.1 Å². The molecule has 0 unspecified atom stereocenters. The third kappa shape index (κ3) is 1.55. The summed E-state index contributed by atoms with van der Waals surface area (Å²) in [5, 5.41) is 9.59. The number of aromatic nitrogens is 1. The number of aromatic amines is 1. The van der Waals surface area contributed by atoms with Crippen molar-refractivity contribution in [2.24, 2.45) is 0 Å². The summed E-state index contributed by atoms with van der Waals surface area (Å²) in [5.74, 6) is 0.0767. The summed E-state index contributed by atoms with van der Waals surface area (Å²) in [5.41, 5.74) is 1.22. The number of nitrogens with zero attached hydrogens (tertiary/aromatic N) is 1. The first-order valence-corrected chi connectivity index (χ1v) is 4.41. The van der Waals surface area contributed by atoms with Crippen LogP contribution >= 0.6 is 0 Å². The van der Waals surface area contributed by atoms with Gasteiger partial charge in [-0.2, -0.15) is 5.26 Å². The van der Waals surface area contributed by atoms with E-state index < -0.39 is 0 Å². The van der Waals surface area contributed by atoms with E-state index in [0.717, 1.165) is 5.39 Å². The van der Waals surface area contributed by atoms with E-state index in [0.29, 0.717) is 16.8 Å². The Hall–Kier alpha value is -2.28. The number of esters is 1. The van der Waals surface area contributed by atoms with E-state index in [4.69, 9.17) is 10.00 Å². The number of hydrogen-bond acceptors (Lipinski definition) is 3. The number of carbonyl (C=O) groups is 1. The number of H-pyrrole nitrogens is 1. The summed E-state index contributed by atoms with van der Waals surface area (Å²) in [4.78, 5) is 13.7. The summed E-state index contributed by atoms with van der Waals surface area (Å²) in [7, 11) is 0. The van der Waals surface area contributed by atoms with Crippen LogP contribution in [-0.2, 0) is 4.79 Å². The number of rotatable bonds is 1. The second-order valence-electron chi connectivity index (χ2n) is 3.09. The van der Waals surface area contributed by atoms with Crippen LogP contribution in [0, 0.1) is 11.3 Å². The van der Waals surface area contributed by atoms with Gasteiger partial charge in [-0.15, -0.1) is 0 Å². The Kier molecular flexibility index (Phi) is 2.14. The fourth-order valence-electron chi connectivity index (χ4n) is 1.46. The van der Waals surface area contributed by atoms with Crippen LogP contribution in [-0.4, -0.2) is 11.0 Å². The first kappa shape index (κ1) is 9.28. The predicted molar refractivity (Wildman–Crippen MR) is 54.3 cm³/mol. The van der Waals surface area contributed by atoms with Crippen LogP contribution in [0.3, 0.4) is 0 Å². The van der Waals surface area contributed by atoms with Crippen molar-refractivity contribution in [3.63, 3.8) is 0 Å². The van der Waals surface area contributed by atoms with Crippen LogP contribution in [0.4, 0.5) is 0 Å². The molecule has 1 aromatic heterocycles. The second kappa shape index (κ2) is 3.46. The summed E-state index contributed by atoms with van der Waals surface area (Å²) < 4.78 is 4.99. The van der Waals surface area contributed by atoms with E-state index in [-0.39, 0.29) is 5.97 Å². The van der Waals surface area contributed by atoms with Gasteiger partial charge in [-0.25, -0.2) is 0 Å². The SMILES string of the molecule is CC(=O)Oc1c[nH]c2c(C#N)cccc12. The van der Waals surface area contributed by atoms with Crippen molar-refractivity contribution in [3.8, 4) is 11.8 Å². The quantitative estimate of drug-likeness (QED) is 0.715. The lowest BCUT2D eigenvalue weighted by Crippen LogP contribution is -2.00. The molecule has 15 heavy (non-hydrogen) atoms. The Balaban J connectivity index is 2.62. The van der Waals surface area contributed by atoms with Crippen LogP contribution in [0.5, 0.6) is 5.75 Å². The predicted octanol–water partition coefficient (Wildman–Crippen LogP) is 1.96. The van der Waals surface area contributed by atoms with Gasteiger partial charge >= 0.3 is 5.97 Å². The van der Waals surface area contributed by atoms with Crippen LogP contribution in [0.15, 0.2) is 24.4 Å². The lowest BCUT2D eigenvalue weighted by molar-refractivity contribution is -0.131. The van der Waals surface area contributed by atoms with E-state index in [9.17, 15) is 4.79 Å². The molecular formula is C11H8N2O2. The van der Waals surface area contributed by atoms with Crippen molar-refractivity contribution >= 4 is 16.9 Å². The smallest absolute Gasteiger partial charge is 0.308 e. The maximum atomic E-state index is 10.8. The highest BCUT2D eigenvalue weighted by molar-refractivity contribution is 5.91. The molecule has 0 saturated heterocycles. The fraction of sp³-hybridized carbons (Fsp3) is 0.0909. The molecule has 74 valence electrons. The molecule has 1 N–H and O–H groups in total. The van der Waals surface area contributed by atoms with Gasteiger partial charge in [0, 0.05) is 18.5 Å². The van der Waals surface area contributed by atoms with Gasteiger partial charge in [0.25, 0.3) is 0 Å². The number of nitrogens with one attached hydrogen (secondary N) is 1. The number of carbonyl (C=O) groups excluding carboxylic acids is 1. The molecule has 0 spiro atoms. The van der Waals surface area contributed by atoms with E-state index in [1.807, 2.05) is 0 Å². The highest BCUT2D eigenvalue weighted by Crippen LogP contribution is 2.27. The van der Waals surface area contributed by atoms with Gasteiger partial charge in [-0.1, -0.05) is 6.07 Å². The van der Waals surface area contributed by atoms with Crippen molar-refractivity contribution in [2.45, 2.75) is 6.92 Å². The van der Waals surface area contributed by atoms with Gasteiger partial charge < -0.3 is 9.72 Å². The number of fused-ring (bicyclic) bond motifs is 1. The van der Waals surface area contributed by atoms with E-state index in [1.54, 1.807) is 24.4 Å². The van der Waals surface area contributed by atoms with Crippen molar-refractivity contribution in [3.05, 3.63) is 30.0 Å². The molecule has 4 heteroatoms. The molecule has 0 bridgehead atoms. The first-order chi connectivity index (χ1) is 7.22. The van der Waals surface area contributed by atoms with Crippen LogP contribution in [0.25, 0.3) is 10.9 Å². The van der Waals surface area contributed by atoms with Crippen LogP contribution in [0.2, 0.25) is 0 Å². The van der Waals surface area contributed by atoms with Gasteiger partial charge in [0.1, 0.15) is 6.07 Å². The Morgan fingerprint density at radius 1 is 1.53 bits per heavy atom. The van der Waals surface area contributed by atoms with Crippen LogP contribution < -0.4 is 4.74 Å². The Bertz CT molecular complexity index is 563. The van der Waals surface area contributed by atoms with E-state index in [2.05, 4.69) is 11.1 Å². The van der Waals surface area contributed by atoms with Crippen LogP contribution in [0.1, 0.15) is 12.5 Å². The van der Waals surface area contributed by atoms with Crippen molar-refractivity contribution in [1.29, 1.82) is 5.26 Å². The average Bonchev–Trinajstić information content (AvgIpc) is 2.61. The van der Waals surface area contributed by atoms with Gasteiger partial charge in [-0.05, 0) is 12.1 Å². The molecule has 0 amide bonds. The minimum atomic E-state index is -0.377. The fourth-order valence-corrected chi connectivity index (χ4v) is 1.46. The Morgan fingerprint density at radius 2 is 2.33 bits per heavy atom. The monoisotopic (exact) mass is 200 g/mol. The molecule has 1 heterocycles. The number of ether oxygens (including phenoxy) is 1. The second-order valence-corrected chi connectivity index (χ2v) is 3.09. The van der Waals surface area contributed by atoms with Crippen molar-refractivity contribution in [1.82, 2.24) is 4.98 Å². The maximum Gasteiger partial charge on any atom is 0.308 e. The zero-order valence-corrected chi connectivity index (χ0v) is 8.07. The molecule has 2 aromatic rings. The molecule has 1 aromatic carbocycles. The molecule has 0 atom stereocenters. The lowest BCUT2D eigenvalue weighted by Gasteiger charge is -1.97. The summed E-state index contributed by atoms with van der Waals surface area (Å²) in [6.07, 6.45) is 1.58. The van der Waals surface area contributed by atoms with Gasteiger partial charge in [-0.3, -0.25) is 4.79 Å². The lowest BCUT2D eigenvalue weighted by atomic mass is 10.1. The number of hydrogen-bond donors (Lipinski definition) is 1. The van der Waals surface area contributed by atoms with E-state index in [1.165, 1.54) is 6.92 Å². The first-order valence-electron chi connectivity index (χ1n) is 4.41. The molecule has 4 nitrogen and oxygen atoms in total. The van der Waals surface area contributed by atoms with E-state index >= 15 is 0 Å². The molecule has 0 aliphatic rings. The third-order valence-corrected chi connectivity index (χ3v) is 2.05. The molecule has 0 fully saturated rings. The minimum absolute atomic E-state index is 0.377. The normalized spacial score (nSPS) is 9.87. The molecule has 0 aliphatic carbocycles. The molecule has 0 saturated carbocycles. The van der Waals surface area contributed by atoms with Gasteiger partial charge in [0.15, 0.2) is 5.75 Å². The largest absolute Gasteiger partial charge is 0.424 e. The number of benzene rings is 1. The number of para-hydroxylation sites is 1. The molecule has 0 radical (unpaired) electrons. The van der Waals surface area contributed by atoms with Crippen molar-refractivity contribution < 1.29 is 9.53 Å². The van der Waals surface area contributed by atoms with Gasteiger partial charge in [0.05, 0.1) is 11.1 Å². The average molecular weight is 200 g/mol. The standard InChI is InChI=1S/C11H8N2O2/c1-7(14)15-10-6-13-11-8(5-12)3-2-4-9(10)11/h2-4,6,13H,1H3. The topological polar surface area (TPSA) is 65.9 Å². The highest BCUT2D eigenvalue weighted by atomic mass is 16.5. The summed E-state index contributed by atoms with van der Waals surface area (Å²) in [6.45, 7) is 1.34. The molecule has 2 rings (SSSR count). The third-order valence-electron chi connectivity index (χ3n) is 2.05. The van der Waals surface area contributed by atoms with Crippen molar-refractivity contribution in [2.75, 3.05) is 0 Å². The Morgan fingerprint density at radius 3 is 3.00 bits per heavy atom. The maximum absolute atomic E-state index is 10.8. The molecular weight excluding hydrogens is 192 g/mol. The summed E-state index contributed by atoms with van der Waals surface area (Å²) >= 11 is 0. The summed E-state index contributed by atoms with van der Waals surface area (Å²) in [6, 6.07) is 7.32. The van der Waals surface area contributed by atoms with Gasteiger partial charge in [0.2, 0.25) is 0 Å². The highest BCUT2D eigenvalue weighted by Gasteiger charge is 2.09. The minimum Gasteiger partial charge on any atom is -0.424 e. The number of nitriles is 1.